The second kappa shape index (κ2) is 25.2. The minimum Gasteiger partial charge on any atom is -0.790 e. The molecule has 73 heavy (non-hydrogen) atoms. The fourth-order valence-electron chi connectivity index (χ4n) is 8.31. The average molecular weight is 1090 g/mol. The standard InChI is InChI=1S/C44H68N7O19P3/c1-42(2,41(57)58)18-11-9-15-29-14-8-7-13-28(29)12-6-5-10-19-44(20-21-44)31(52)16-22-46-32(53)17-23-47-39(56)36(55)43(3,4)25-67-73(64,65)70-72(62,63)66-24-30-35(69-71(59,60)61)34(54)40(68-30)51-27-50-33-37(45)48-26-49-38(33)51/h7-8,13-14,26-27,30,34-36,40,54-55H,5-6,9-12,15-25H2,1-4H3,(H,46,53)(H,47,56)(H,57,58)(H,62,63)(H,64,65)(H2,45,48,49)(H2,59,60,61)/p-4. The Morgan fingerprint density at radius 1 is 0.904 bits per heavy atom. The number of carbonyl (C=O) groups excluding carboxylic acids is 3. The van der Waals surface area contributed by atoms with E-state index in [1.807, 2.05) is 12.1 Å². The average Bonchev–Trinajstić information content (AvgIpc) is 3.88. The van der Waals surface area contributed by atoms with Gasteiger partial charge in [-0.1, -0.05) is 57.4 Å². The van der Waals surface area contributed by atoms with Gasteiger partial charge in [-0.15, -0.1) is 0 Å². The minimum atomic E-state index is -5.94. The third-order valence-electron chi connectivity index (χ3n) is 13.0. The molecule has 1 aromatic carbocycles. The number of imidazole rings is 1. The number of carboxylic acid groups (broad SMARTS) is 1. The second-order valence-electron chi connectivity index (χ2n) is 19.7. The Hall–Kier alpha value is -4.10. The predicted molar refractivity (Wildman–Crippen MR) is 250 cm³/mol. The number of ketones is 1. The summed E-state index contributed by atoms with van der Waals surface area (Å²) >= 11 is 0. The molecule has 408 valence electrons. The third-order valence-corrected chi connectivity index (χ3v) is 16.0. The number of hydrogen-bond donors (Lipinski definition) is 6. The quantitative estimate of drug-likeness (QED) is 0.0378. The number of Topliss-reactive ketones (excluding diaryl/α,β-unsaturated/α-hetero) is 1. The molecule has 2 amide bonds. The SMILES string of the molecule is CC(C)(CCCCc1ccccc1CCCCCC1(C(=O)CCNC(=O)CCNC(=O)C(O)C(C)(C)COP(=O)([O-])OP(=O)([O-])OCC2OC(n3cnc4c(N)ncnc43)C(O)C2OP(=O)([O-])[O-])CC1)C(=O)O. The van der Waals surface area contributed by atoms with Crippen molar-refractivity contribution in [2.45, 2.75) is 142 Å². The van der Waals surface area contributed by atoms with Crippen LogP contribution in [0.1, 0.15) is 116 Å². The number of nitrogens with two attached hydrogens (primary N) is 1. The lowest BCUT2D eigenvalue weighted by Crippen LogP contribution is -2.46. The molecule has 1 saturated heterocycles. The van der Waals surface area contributed by atoms with Crippen LogP contribution in [0.25, 0.3) is 11.2 Å². The second-order valence-corrected chi connectivity index (χ2v) is 23.7. The number of amides is 2. The van der Waals surface area contributed by atoms with E-state index in [9.17, 15) is 67.8 Å². The number of ether oxygens (including phenoxy) is 1. The van der Waals surface area contributed by atoms with Crippen molar-refractivity contribution in [2.24, 2.45) is 16.2 Å². The Bertz CT molecular complexity index is 2550. The van der Waals surface area contributed by atoms with Crippen LogP contribution in [0.5, 0.6) is 0 Å². The van der Waals surface area contributed by atoms with E-state index in [1.54, 1.807) is 13.8 Å². The molecule has 5 rings (SSSR count). The van der Waals surface area contributed by atoms with E-state index in [1.165, 1.54) is 25.0 Å². The number of phosphoric acid groups is 3. The van der Waals surface area contributed by atoms with Crippen LogP contribution in [0, 0.1) is 16.2 Å². The van der Waals surface area contributed by atoms with E-state index in [4.69, 9.17) is 10.5 Å². The van der Waals surface area contributed by atoms with Gasteiger partial charge in [0.15, 0.2) is 17.7 Å². The van der Waals surface area contributed by atoms with Crippen molar-refractivity contribution in [3.05, 3.63) is 48.0 Å². The van der Waals surface area contributed by atoms with Crippen molar-refractivity contribution in [3.8, 4) is 0 Å². The number of anilines is 1. The number of benzene rings is 1. The molecule has 0 radical (unpaired) electrons. The summed E-state index contributed by atoms with van der Waals surface area (Å²) in [5.41, 5.74) is 5.52. The number of nitrogens with one attached hydrogen (secondary N) is 2. The molecule has 1 aliphatic carbocycles. The number of nitrogens with zero attached hydrogens (tertiary/aromatic N) is 4. The smallest absolute Gasteiger partial charge is 0.309 e. The van der Waals surface area contributed by atoms with Gasteiger partial charge in [0, 0.05) is 36.8 Å². The molecule has 7 N–H and O–H groups in total. The molecule has 2 aromatic heterocycles. The molecular weight excluding hydrogens is 1020 g/mol. The van der Waals surface area contributed by atoms with Crippen LogP contribution >= 0.6 is 23.5 Å². The van der Waals surface area contributed by atoms with E-state index in [2.05, 4.69) is 55.6 Å². The van der Waals surface area contributed by atoms with Crippen LogP contribution in [0.3, 0.4) is 0 Å². The maximum atomic E-state index is 13.1. The lowest BCUT2D eigenvalue weighted by Gasteiger charge is -2.36. The zero-order valence-electron chi connectivity index (χ0n) is 41.0. The summed E-state index contributed by atoms with van der Waals surface area (Å²) in [6.07, 6.45) is 1.84. The Morgan fingerprint density at radius 2 is 1.53 bits per heavy atom. The number of aliphatic hydroxyl groups is 2. The van der Waals surface area contributed by atoms with Gasteiger partial charge in [-0.3, -0.25) is 32.9 Å². The van der Waals surface area contributed by atoms with Gasteiger partial charge in [0.1, 0.15) is 42.0 Å². The first kappa shape index (κ1) is 59.8. The molecule has 0 spiro atoms. The highest BCUT2D eigenvalue weighted by Crippen LogP contribution is 2.57. The maximum Gasteiger partial charge on any atom is 0.309 e. The molecule has 3 heterocycles. The summed E-state index contributed by atoms with van der Waals surface area (Å²) in [4.78, 5) is 110. The van der Waals surface area contributed by atoms with Crippen molar-refractivity contribution in [1.29, 1.82) is 0 Å². The zero-order valence-corrected chi connectivity index (χ0v) is 43.6. The normalized spacial score (nSPS) is 21.0. The van der Waals surface area contributed by atoms with E-state index in [0.29, 0.717) is 6.42 Å². The summed E-state index contributed by atoms with van der Waals surface area (Å²) in [5.74, 6) is -2.29. The fraction of sp³-hybridized carbons (Fsp3) is 0.659. The monoisotopic (exact) mass is 1090 g/mol. The van der Waals surface area contributed by atoms with E-state index < -0.39 is 95.9 Å². The van der Waals surface area contributed by atoms with Gasteiger partial charge in [0.25, 0.3) is 15.6 Å². The number of unbranched alkanes of at least 4 members (excludes halogenated alkanes) is 3. The first-order valence-electron chi connectivity index (χ1n) is 23.7. The zero-order chi connectivity index (χ0) is 54.0. The maximum absolute atomic E-state index is 13.1. The number of phosphoric ester groups is 3. The molecule has 7 unspecified atom stereocenters. The van der Waals surface area contributed by atoms with Gasteiger partial charge >= 0.3 is 5.97 Å². The molecular formula is C44H64N7O19P3-4. The number of aliphatic carboxylic acids is 1. The van der Waals surface area contributed by atoms with Gasteiger partial charge in [0.05, 0.1) is 32.8 Å². The summed E-state index contributed by atoms with van der Waals surface area (Å²) < 4.78 is 61.0. The van der Waals surface area contributed by atoms with Crippen molar-refractivity contribution >= 4 is 64.0 Å². The largest absolute Gasteiger partial charge is 0.790 e. The highest BCUT2D eigenvalue weighted by atomic mass is 31.3. The molecule has 1 saturated carbocycles. The first-order valence-corrected chi connectivity index (χ1v) is 28.1. The minimum absolute atomic E-state index is 0.0259. The number of aliphatic hydroxyl groups excluding tert-OH is 2. The van der Waals surface area contributed by atoms with Crippen molar-refractivity contribution in [2.75, 3.05) is 32.0 Å². The molecule has 2 aliphatic rings. The molecule has 1 aliphatic heterocycles. The number of carboxylic acids is 1. The van der Waals surface area contributed by atoms with Crippen LogP contribution in [-0.2, 0) is 68.3 Å². The Balaban J connectivity index is 0.971. The Morgan fingerprint density at radius 3 is 2.16 bits per heavy atom. The van der Waals surface area contributed by atoms with Crippen LogP contribution < -0.4 is 35.9 Å². The van der Waals surface area contributed by atoms with Crippen LogP contribution in [0.4, 0.5) is 5.82 Å². The highest BCUT2D eigenvalue weighted by molar-refractivity contribution is 7.59. The van der Waals surface area contributed by atoms with E-state index in [0.717, 1.165) is 81.4 Å². The molecule has 7 atom stereocenters. The lowest BCUT2D eigenvalue weighted by atomic mass is 9.86. The van der Waals surface area contributed by atoms with Crippen LogP contribution in [0.2, 0.25) is 0 Å². The number of rotatable bonds is 32. The molecule has 2 fully saturated rings. The van der Waals surface area contributed by atoms with Gasteiger partial charge in [-0.05, 0) is 76.3 Å². The highest BCUT2D eigenvalue weighted by Gasteiger charge is 2.49. The molecule has 0 bridgehead atoms. The van der Waals surface area contributed by atoms with Crippen LogP contribution in [-0.4, -0.2) is 109 Å². The van der Waals surface area contributed by atoms with Gasteiger partial charge in [-0.2, -0.15) is 0 Å². The number of hydrogen-bond acceptors (Lipinski definition) is 22. The topological polar surface area (TPSA) is 412 Å². The summed E-state index contributed by atoms with van der Waals surface area (Å²) in [5, 5.41) is 35.9. The summed E-state index contributed by atoms with van der Waals surface area (Å²) in [7, 11) is -17.7. The first-order chi connectivity index (χ1) is 34.1. The number of nitrogen functional groups attached to an aromatic ring is 1. The Kier molecular flexibility index (Phi) is 20.6. The summed E-state index contributed by atoms with van der Waals surface area (Å²) in [6, 6.07) is 8.31. The van der Waals surface area contributed by atoms with E-state index in [-0.39, 0.29) is 54.1 Å². The Labute approximate surface area is 421 Å². The third kappa shape index (κ3) is 17.5. The van der Waals surface area contributed by atoms with Crippen molar-refractivity contribution in [1.82, 2.24) is 30.2 Å². The number of fused-ring (bicyclic) bond motifs is 1. The van der Waals surface area contributed by atoms with E-state index >= 15 is 0 Å². The summed E-state index contributed by atoms with van der Waals surface area (Å²) in [6.45, 7) is 3.46. The molecule has 29 heteroatoms. The predicted octanol–water partition coefficient (Wildman–Crippen LogP) is 1.24. The van der Waals surface area contributed by atoms with Crippen molar-refractivity contribution in [3.63, 3.8) is 0 Å². The van der Waals surface area contributed by atoms with Gasteiger partial charge in [0.2, 0.25) is 11.8 Å². The van der Waals surface area contributed by atoms with Gasteiger partial charge in [-0.25, -0.2) is 19.3 Å². The van der Waals surface area contributed by atoms with Crippen LogP contribution in [0.15, 0.2) is 36.9 Å². The molecule has 26 nitrogen and oxygen atoms in total. The fourth-order valence-corrected chi connectivity index (χ4v) is 11.0. The van der Waals surface area contributed by atoms with Gasteiger partial charge < -0.3 is 74.1 Å². The molecule has 3 aromatic rings. The number of carbonyl (C=O) groups is 4. The lowest BCUT2D eigenvalue weighted by molar-refractivity contribution is -0.347. The number of aryl methyl sites for hydroxylation is 2. The number of aromatic nitrogens is 4. The van der Waals surface area contributed by atoms with Crippen molar-refractivity contribution < 1.29 is 90.4 Å².